The predicted octanol–water partition coefficient (Wildman–Crippen LogP) is 4.11. The normalized spacial score (nSPS) is 13.9. The van der Waals surface area contributed by atoms with Gasteiger partial charge in [-0.05, 0) is 44.2 Å². The maximum absolute atomic E-state index is 13.0. The zero-order valence-corrected chi connectivity index (χ0v) is 17.2. The summed E-state index contributed by atoms with van der Waals surface area (Å²) in [4.78, 5) is 14.9. The van der Waals surface area contributed by atoms with Crippen molar-refractivity contribution in [1.82, 2.24) is 10.2 Å². The van der Waals surface area contributed by atoms with Crippen LogP contribution in [0, 0.1) is 0 Å². The smallest absolute Gasteiger partial charge is 0.255 e. The number of halogens is 2. The van der Waals surface area contributed by atoms with Crippen molar-refractivity contribution >= 4 is 42.1 Å². The summed E-state index contributed by atoms with van der Waals surface area (Å²) >= 11 is 0. The molecule has 1 fully saturated rings. The molecule has 0 atom stereocenters. The molecular weight excluding hydrogens is 385 g/mol. The number of para-hydroxylation sites is 1. The highest BCUT2D eigenvalue weighted by Crippen LogP contribution is 2.25. The molecule has 2 N–H and O–H groups in total. The SMILES string of the molecule is CNC1CCN(C(=O)c2ccccc2Nc2cccc(OC)c2)CC1.Cl.Cl. The van der Waals surface area contributed by atoms with Crippen molar-refractivity contribution < 1.29 is 9.53 Å². The van der Waals surface area contributed by atoms with Gasteiger partial charge in [0.1, 0.15) is 5.75 Å². The Kier molecular flexibility index (Phi) is 9.43. The Morgan fingerprint density at radius 2 is 1.78 bits per heavy atom. The van der Waals surface area contributed by atoms with Gasteiger partial charge in [0.05, 0.1) is 18.4 Å². The van der Waals surface area contributed by atoms with Crippen LogP contribution in [0.4, 0.5) is 11.4 Å². The first-order valence-corrected chi connectivity index (χ1v) is 8.68. The average Bonchev–Trinajstić information content (AvgIpc) is 2.68. The van der Waals surface area contributed by atoms with Crippen molar-refractivity contribution in [3.8, 4) is 5.75 Å². The highest BCUT2D eigenvalue weighted by molar-refractivity contribution is 6.00. The highest BCUT2D eigenvalue weighted by Gasteiger charge is 2.24. The Balaban J connectivity index is 0.00000182. The quantitative estimate of drug-likeness (QED) is 0.776. The average molecular weight is 412 g/mol. The van der Waals surface area contributed by atoms with Crippen LogP contribution in [0.3, 0.4) is 0 Å². The number of nitrogens with zero attached hydrogens (tertiary/aromatic N) is 1. The van der Waals surface area contributed by atoms with Gasteiger partial charge >= 0.3 is 0 Å². The number of rotatable bonds is 5. The van der Waals surface area contributed by atoms with E-state index in [-0.39, 0.29) is 30.7 Å². The molecular formula is C20H27Cl2N3O2. The Hall–Kier alpha value is -1.95. The van der Waals surface area contributed by atoms with Crippen LogP contribution < -0.4 is 15.4 Å². The molecule has 0 aliphatic carbocycles. The third-order valence-corrected chi connectivity index (χ3v) is 4.70. The van der Waals surface area contributed by atoms with E-state index in [4.69, 9.17) is 4.74 Å². The summed E-state index contributed by atoms with van der Waals surface area (Å²) in [7, 11) is 3.63. The number of anilines is 2. The van der Waals surface area contributed by atoms with Gasteiger partial charge in [-0.1, -0.05) is 18.2 Å². The second-order valence-electron chi connectivity index (χ2n) is 6.26. The second kappa shape index (κ2) is 11.0. The molecule has 148 valence electrons. The molecule has 1 saturated heterocycles. The fraction of sp³-hybridized carbons (Fsp3) is 0.350. The molecule has 0 aromatic heterocycles. The first kappa shape index (κ1) is 23.1. The number of piperidine rings is 1. The fourth-order valence-electron chi connectivity index (χ4n) is 3.18. The zero-order chi connectivity index (χ0) is 17.6. The monoisotopic (exact) mass is 411 g/mol. The maximum Gasteiger partial charge on any atom is 0.255 e. The summed E-state index contributed by atoms with van der Waals surface area (Å²) in [6.45, 7) is 1.58. The number of ether oxygens (including phenoxy) is 1. The van der Waals surface area contributed by atoms with E-state index in [1.807, 2.05) is 60.5 Å². The Morgan fingerprint density at radius 1 is 1.07 bits per heavy atom. The molecule has 1 aliphatic rings. The first-order chi connectivity index (χ1) is 12.2. The Labute approximate surface area is 173 Å². The number of hydrogen-bond donors (Lipinski definition) is 2. The second-order valence-corrected chi connectivity index (χ2v) is 6.26. The molecule has 0 unspecified atom stereocenters. The van der Waals surface area contributed by atoms with Crippen molar-refractivity contribution in [3.63, 3.8) is 0 Å². The topological polar surface area (TPSA) is 53.6 Å². The lowest BCUT2D eigenvalue weighted by Gasteiger charge is -2.32. The van der Waals surface area contributed by atoms with E-state index < -0.39 is 0 Å². The van der Waals surface area contributed by atoms with Crippen LogP contribution in [-0.4, -0.2) is 44.1 Å². The van der Waals surface area contributed by atoms with Gasteiger partial charge in [0, 0.05) is 30.9 Å². The van der Waals surface area contributed by atoms with E-state index in [1.54, 1.807) is 7.11 Å². The molecule has 1 aliphatic heterocycles. The number of hydrogen-bond acceptors (Lipinski definition) is 4. The molecule has 0 saturated carbocycles. The lowest BCUT2D eigenvalue weighted by atomic mass is 10.0. The highest BCUT2D eigenvalue weighted by atomic mass is 35.5. The number of carbonyl (C=O) groups excluding carboxylic acids is 1. The fourth-order valence-corrected chi connectivity index (χ4v) is 3.18. The minimum Gasteiger partial charge on any atom is -0.497 e. The van der Waals surface area contributed by atoms with Gasteiger partial charge in [0.2, 0.25) is 0 Å². The number of benzene rings is 2. The van der Waals surface area contributed by atoms with Crippen LogP contribution in [0.15, 0.2) is 48.5 Å². The summed E-state index contributed by atoms with van der Waals surface area (Å²) in [6, 6.07) is 15.9. The van der Waals surface area contributed by atoms with Crippen LogP contribution in [0.25, 0.3) is 0 Å². The van der Waals surface area contributed by atoms with E-state index in [1.165, 1.54) is 0 Å². The Morgan fingerprint density at radius 3 is 2.44 bits per heavy atom. The van der Waals surface area contributed by atoms with Crippen molar-refractivity contribution in [1.29, 1.82) is 0 Å². The Bertz CT molecular complexity index is 735. The van der Waals surface area contributed by atoms with Crippen LogP contribution in [0.5, 0.6) is 5.75 Å². The zero-order valence-electron chi connectivity index (χ0n) is 15.6. The standard InChI is InChI=1S/C20H25N3O2.2ClH/c1-21-15-10-12-23(13-11-15)20(24)18-8-3-4-9-19(18)22-16-6-5-7-17(14-16)25-2;;/h3-9,14-15,21-22H,10-13H2,1-2H3;2*1H. The van der Waals surface area contributed by atoms with Crippen LogP contribution >= 0.6 is 24.8 Å². The maximum atomic E-state index is 13.0. The van der Waals surface area contributed by atoms with Crippen molar-refractivity contribution in [2.75, 3.05) is 32.6 Å². The number of nitrogens with one attached hydrogen (secondary N) is 2. The summed E-state index contributed by atoms with van der Waals surface area (Å²) in [5, 5.41) is 6.64. The minimum absolute atomic E-state index is 0. The molecule has 3 rings (SSSR count). The van der Waals surface area contributed by atoms with Crippen LogP contribution in [0.1, 0.15) is 23.2 Å². The molecule has 2 aromatic carbocycles. The van der Waals surface area contributed by atoms with E-state index in [0.29, 0.717) is 11.6 Å². The van der Waals surface area contributed by atoms with Gasteiger partial charge in [0.25, 0.3) is 5.91 Å². The molecule has 7 heteroatoms. The molecule has 2 aromatic rings. The van der Waals surface area contributed by atoms with Crippen molar-refractivity contribution in [2.45, 2.75) is 18.9 Å². The molecule has 5 nitrogen and oxygen atoms in total. The molecule has 0 bridgehead atoms. The van der Waals surface area contributed by atoms with E-state index in [9.17, 15) is 4.79 Å². The van der Waals surface area contributed by atoms with E-state index in [2.05, 4.69) is 10.6 Å². The largest absolute Gasteiger partial charge is 0.497 e. The third kappa shape index (κ3) is 5.76. The van der Waals surface area contributed by atoms with Gasteiger partial charge in [-0.25, -0.2) is 0 Å². The third-order valence-electron chi connectivity index (χ3n) is 4.70. The number of likely N-dealkylation sites (tertiary alicyclic amines) is 1. The van der Waals surface area contributed by atoms with Gasteiger partial charge in [-0.15, -0.1) is 24.8 Å². The molecule has 0 spiro atoms. The summed E-state index contributed by atoms with van der Waals surface area (Å²) < 4.78 is 5.26. The van der Waals surface area contributed by atoms with Crippen LogP contribution in [0.2, 0.25) is 0 Å². The van der Waals surface area contributed by atoms with Gasteiger partial charge in [-0.3, -0.25) is 4.79 Å². The number of carbonyl (C=O) groups is 1. The van der Waals surface area contributed by atoms with Crippen molar-refractivity contribution in [2.24, 2.45) is 0 Å². The first-order valence-electron chi connectivity index (χ1n) is 8.68. The molecule has 1 heterocycles. The van der Waals surface area contributed by atoms with Gasteiger partial charge in [0.15, 0.2) is 0 Å². The van der Waals surface area contributed by atoms with E-state index >= 15 is 0 Å². The summed E-state index contributed by atoms with van der Waals surface area (Å²) in [5.74, 6) is 0.864. The molecule has 1 amide bonds. The number of methoxy groups -OCH3 is 1. The van der Waals surface area contributed by atoms with E-state index in [0.717, 1.165) is 43.1 Å². The predicted molar refractivity (Wildman–Crippen MR) is 115 cm³/mol. The lowest BCUT2D eigenvalue weighted by Crippen LogP contribution is -2.44. The minimum atomic E-state index is 0. The summed E-state index contributed by atoms with van der Waals surface area (Å²) in [5.41, 5.74) is 2.42. The lowest BCUT2D eigenvalue weighted by molar-refractivity contribution is 0.0708. The van der Waals surface area contributed by atoms with Crippen molar-refractivity contribution in [3.05, 3.63) is 54.1 Å². The van der Waals surface area contributed by atoms with Gasteiger partial charge in [-0.2, -0.15) is 0 Å². The number of amides is 1. The summed E-state index contributed by atoms with van der Waals surface area (Å²) in [6.07, 6.45) is 1.99. The van der Waals surface area contributed by atoms with Gasteiger partial charge < -0.3 is 20.3 Å². The molecule has 27 heavy (non-hydrogen) atoms. The van der Waals surface area contributed by atoms with Crippen LogP contribution in [-0.2, 0) is 0 Å². The molecule has 0 radical (unpaired) electrons.